The molecule has 0 saturated heterocycles. The molecule has 1 heterocycles. The van der Waals surface area contributed by atoms with Crippen LogP contribution in [0.3, 0.4) is 0 Å². The summed E-state index contributed by atoms with van der Waals surface area (Å²) < 4.78 is 0. The van der Waals surface area contributed by atoms with Gasteiger partial charge in [0.1, 0.15) is 17.6 Å². The third kappa shape index (κ3) is 2.47. The largest absolute Gasteiger partial charge is 0.355 e. The summed E-state index contributed by atoms with van der Waals surface area (Å²) in [5, 5.41) is 8.77. The van der Waals surface area contributed by atoms with E-state index in [4.69, 9.17) is 5.26 Å². The lowest BCUT2D eigenvalue weighted by molar-refractivity contribution is 0.467. The molecule has 0 unspecified atom stereocenters. The van der Waals surface area contributed by atoms with Crippen LogP contribution in [-0.2, 0) is 0 Å². The van der Waals surface area contributed by atoms with E-state index in [-0.39, 0.29) is 5.54 Å². The molecule has 15 heavy (non-hydrogen) atoms. The van der Waals surface area contributed by atoms with Gasteiger partial charge in [0.15, 0.2) is 0 Å². The van der Waals surface area contributed by atoms with Gasteiger partial charge in [-0.05, 0) is 32.4 Å². The van der Waals surface area contributed by atoms with Gasteiger partial charge in [-0.1, -0.05) is 13.0 Å². The predicted octanol–water partition coefficient (Wildman–Crippen LogP) is 2.58. The molecule has 80 valence electrons. The highest BCUT2D eigenvalue weighted by atomic mass is 15.2. The first-order valence-electron chi connectivity index (χ1n) is 5.12. The van der Waals surface area contributed by atoms with Crippen LogP contribution in [0.15, 0.2) is 18.2 Å². The van der Waals surface area contributed by atoms with Crippen LogP contribution in [0.25, 0.3) is 0 Å². The normalized spacial score (nSPS) is 10.9. The zero-order valence-corrected chi connectivity index (χ0v) is 9.78. The summed E-state index contributed by atoms with van der Waals surface area (Å²) in [6.07, 6.45) is 1.03. The van der Waals surface area contributed by atoms with Crippen LogP contribution in [0.4, 0.5) is 5.82 Å². The van der Waals surface area contributed by atoms with Gasteiger partial charge in [0.25, 0.3) is 0 Å². The zero-order chi connectivity index (χ0) is 11.5. The highest BCUT2D eigenvalue weighted by Gasteiger charge is 2.22. The van der Waals surface area contributed by atoms with E-state index in [0.717, 1.165) is 12.2 Å². The van der Waals surface area contributed by atoms with Crippen molar-refractivity contribution in [2.45, 2.75) is 32.7 Å². The highest BCUT2D eigenvalue weighted by molar-refractivity contribution is 5.43. The Morgan fingerprint density at radius 3 is 2.67 bits per heavy atom. The van der Waals surface area contributed by atoms with Crippen molar-refractivity contribution in [3.8, 4) is 6.07 Å². The molecule has 0 aromatic carbocycles. The second kappa shape index (κ2) is 4.31. The molecule has 0 fully saturated rings. The summed E-state index contributed by atoms with van der Waals surface area (Å²) in [5.41, 5.74) is 0.521. The van der Waals surface area contributed by atoms with E-state index in [9.17, 15) is 0 Å². The van der Waals surface area contributed by atoms with Gasteiger partial charge < -0.3 is 4.90 Å². The molecule has 0 amide bonds. The lowest BCUT2D eigenvalue weighted by atomic mass is 10.00. The molecule has 0 aliphatic heterocycles. The first-order chi connectivity index (χ1) is 7.01. The zero-order valence-electron chi connectivity index (χ0n) is 9.78. The third-order valence-electron chi connectivity index (χ3n) is 2.97. The predicted molar refractivity (Wildman–Crippen MR) is 61.7 cm³/mol. The summed E-state index contributed by atoms with van der Waals surface area (Å²) in [5.74, 6) is 0.848. The number of anilines is 1. The van der Waals surface area contributed by atoms with Gasteiger partial charge in [0.2, 0.25) is 0 Å². The maximum absolute atomic E-state index is 8.77. The third-order valence-corrected chi connectivity index (χ3v) is 2.97. The van der Waals surface area contributed by atoms with E-state index in [1.54, 1.807) is 6.07 Å². The Labute approximate surface area is 91.4 Å². The minimum atomic E-state index is 0.0566. The Morgan fingerprint density at radius 2 is 2.13 bits per heavy atom. The number of hydrogen-bond donors (Lipinski definition) is 0. The molecule has 0 atom stereocenters. The highest BCUT2D eigenvalue weighted by Crippen LogP contribution is 2.22. The Kier molecular flexibility index (Phi) is 3.31. The fraction of sp³-hybridized carbons (Fsp3) is 0.500. The second-order valence-electron chi connectivity index (χ2n) is 4.22. The molecule has 0 bridgehead atoms. The van der Waals surface area contributed by atoms with Gasteiger partial charge in [0.05, 0.1) is 0 Å². The smallest absolute Gasteiger partial charge is 0.142 e. The minimum absolute atomic E-state index is 0.0566. The Hall–Kier alpha value is -1.56. The minimum Gasteiger partial charge on any atom is -0.355 e. The summed E-state index contributed by atoms with van der Waals surface area (Å²) in [7, 11) is 2.01. The molecule has 3 nitrogen and oxygen atoms in total. The Balaban J connectivity index is 3.02. The molecule has 1 aromatic rings. The molecule has 0 radical (unpaired) electrons. The molecule has 1 aromatic heterocycles. The SMILES string of the molecule is CCC(C)(C)N(C)c1cccc(C#N)n1. The number of nitrogens with zero attached hydrogens (tertiary/aromatic N) is 3. The standard InChI is InChI=1S/C12H17N3/c1-5-12(2,3)15(4)11-8-6-7-10(9-13)14-11/h6-8H,5H2,1-4H3. The van der Waals surface area contributed by atoms with Crippen molar-refractivity contribution >= 4 is 5.82 Å². The second-order valence-corrected chi connectivity index (χ2v) is 4.22. The van der Waals surface area contributed by atoms with Gasteiger partial charge in [-0.3, -0.25) is 0 Å². The van der Waals surface area contributed by atoms with Crippen molar-refractivity contribution in [2.24, 2.45) is 0 Å². The van der Waals surface area contributed by atoms with Crippen molar-refractivity contribution in [3.05, 3.63) is 23.9 Å². The van der Waals surface area contributed by atoms with E-state index in [1.165, 1.54) is 0 Å². The molecular weight excluding hydrogens is 186 g/mol. The Morgan fingerprint density at radius 1 is 1.47 bits per heavy atom. The van der Waals surface area contributed by atoms with E-state index in [0.29, 0.717) is 5.69 Å². The van der Waals surface area contributed by atoms with Crippen LogP contribution in [0.5, 0.6) is 0 Å². The van der Waals surface area contributed by atoms with Crippen LogP contribution in [-0.4, -0.2) is 17.6 Å². The number of nitriles is 1. The molecular formula is C12H17N3. The van der Waals surface area contributed by atoms with Crippen molar-refractivity contribution < 1.29 is 0 Å². The van der Waals surface area contributed by atoms with Crippen molar-refractivity contribution in [1.82, 2.24) is 4.98 Å². The van der Waals surface area contributed by atoms with Crippen LogP contribution in [0.2, 0.25) is 0 Å². The maximum Gasteiger partial charge on any atom is 0.142 e. The fourth-order valence-corrected chi connectivity index (χ4v) is 1.22. The molecule has 1 rings (SSSR count). The molecule has 0 saturated carbocycles. The summed E-state index contributed by atoms with van der Waals surface area (Å²) in [6.45, 7) is 6.46. The van der Waals surface area contributed by atoms with Crippen LogP contribution < -0.4 is 4.90 Å². The number of pyridine rings is 1. The lowest BCUT2D eigenvalue weighted by Gasteiger charge is -2.35. The van der Waals surface area contributed by atoms with Gasteiger partial charge >= 0.3 is 0 Å². The number of rotatable bonds is 3. The van der Waals surface area contributed by atoms with Gasteiger partial charge in [-0.2, -0.15) is 5.26 Å². The molecule has 0 spiro atoms. The van der Waals surface area contributed by atoms with Gasteiger partial charge in [0, 0.05) is 12.6 Å². The summed E-state index contributed by atoms with van der Waals surface area (Å²) >= 11 is 0. The quantitative estimate of drug-likeness (QED) is 0.758. The van der Waals surface area contributed by atoms with Gasteiger partial charge in [-0.25, -0.2) is 4.98 Å². The van der Waals surface area contributed by atoms with Crippen molar-refractivity contribution in [2.75, 3.05) is 11.9 Å². The van der Waals surface area contributed by atoms with E-state index in [1.807, 2.05) is 19.2 Å². The van der Waals surface area contributed by atoms with Gasteiger partial charge in [-0.15, -0.1) is 0 Å². The fourth-order valence-electron chi connectivity index (χ4n) is 1.22. The average Bonchev–Trinajstić information content (AvgIpc) is 2.28. The molecule has 0 aliphatic carbocycles. The topological polar surface area (TPSA) is 39.9 Å². The van der Waals surface area contributed by atoms with E-state index >= 15 is 0 Å². The lowest BCUT2D eigenvalue weighted by Crippen LogP contribution is -2.41. The first-order valence-corrected chi connectivity index (χ1v) is 5.12. The maximum atomic E-state index is 8.77. The van der Waals surface area contributed by atoms with E-state index in [2.05, 4.69) is 36.7 Å². The number of aromatic nitrogens is 1. The first kappa shape index (κ1) is 11.5. The summed E-state index contributed by atoms with van der Waals surface area (Å²) in [6, 6.07) is 7.57. The average molecular weight is 203 g/mol. The summed E-state index contributed by atoms with van der Waals surface area (Å²) in [4.78, 5) is 6.38. The van der Waals surface area contributed by atoms with Crippen LogP contribution in [0, 0.1) is 11.3 Å². The van der Waals surface area contributed by atoms with Crippen molar-refractivity contribution in [3.63, 3.8) is 0 Å². The van der Waals surface area contributed by atoms with Crippen LogP contribution >= 0.6 is 0 Å². The molecule has 0 N–H and O–H groups in total. The van der Waals surface area contributed by atoms with E-state index < -0.39 is 0 Å². The molecule has 0 aliphatic rings. The monoisotopic (exact) mass is 203 g/mol. The molecule has 3 heteroatoms. The Bertz CT molecular complexity index is 377. The van der Waals surface area contributed by atoms with Crippen molar-refractivity contribution in [1.29, 1.82) is 5.26 Å². The van der Waals surface area contributed by atoms with Crippen LogP contribution in [0.1, 0.15) is 32.9 Å². The number of hydrogen-bond acceptors (Lipinski definition) is 3.